The van der Waals surface area contributed by atoms with Crippen molar-refractivity contribution < 1.29 is 14.7 Å². The van der Waals surface area contributed by atoms with Crippen LogP contribution in [0.3, 0.4) is 0 Å². The summed E-state index contributed by atoms with van der Waals surface area (Å²) in [6.45, 7) is 0. The summed E-state index contributed by atoms with van der Waals surface area (Å²) in [5.74, 6) is -1.50. The van der Waals surface area contributed by atoms with Gasteiger partial charge in [0.15, 0.2) is 0 Å². The van der Waals surface area contributed by atoms with Crippen molar-refractivity contribution in [3.05, 3.63) is 61.5 Å². The summed E-state index contributed by atoms with van der Waals surface area (Å²) in [7, 11) is 0. The number of hydrogen-bond acceptors (Lipinski definition) is 2. The lowest BCUT2D eigenvalue weighted by atomic mass is 10.1. The Hall–Kier alpha value is -1.37. The number of carbonyl (C=O) groups is 2. The first kappa shape index (κ1) is 16.0. The smallest absolute Gasteiger partial charge is 0.337 e. The molecule has 0 spiro atoms. The number of amides is 1. The van der Waals surface area contributed by atoms with Crippen molar-refractivity contribution in [2.75, 3.05) is 5.32 Å². The number of benzene rings is 2. The third kappa shape index (κ3) is 4.06. The Kier molecular flexibility index (Phi) is 5.03. The zero-order chi connectivity index (χ0) is 15.6. The average molecular weight is 433 g/mol. The molecule has 0 heterocycles. The zero-order valence-electron chi connectivity index (χ0n) is 10.4. The lowest BCUT2D eigenvalue weighted by molar-refractivity contribution is 0.0696. The van der Waals surface area contributed by atoms with Crippen molar-refractivity contribution in [2.24, 2.45) is 0 Å². The largest absolute Gasteiger partial charge is 0.478 e. The highest BCUT2D eigenvalue weighted by molar-refractivity contribution is 9.11. The van der Waals surface area contributed by atoms with Gasteiger partial charge in [-0.1, -0.05) is 43.5 Å². The second-order valence-electron chi connectivity index (χ2n) is 4.11. The van der Waals surface area contributed by atoms with Crippen LogP contribution >= 0.6 is 43.5 Å². The van der Waals surface area contributed by atoms with Crippen LogP contribution in [-0.4, -0.2) is 17.0 Å². The van der Waals surface area contributed by atoms with E-state index in [9.17, 15) is 9.59 Å². The van der Waals surface area contributed by atoms with E-state index >= 15 is 0 Å². The Labute approximate surface area is 142 Å². The number of hydrogen-bond donors (Lipinski definition) is 2. The number of halogens is 3. The molecule has 0 aliphatic heterocycles. The minimum Gasteiger partial charge on any atom is -0.478 e. The van der Waals surface area contributed by atoms with Gasteiger partial charge in [0.1, 0.15) is 0 Å². The number of carboxylic acid groups (broad SMARTS) is 1. The maximum Gasteiger partial charge on any atom is 0.337 e. The molecule has 0 unspecified atom stereocenters. The van der Waals surface area contributed by atoms with E-state index in [2.05, 4.69) is 37.2 Å². The molecule has 2 aromatic rings. The molecule has 0 fully saturated rings. The summed E-state index contributed by atoms with van der Waals surface area (Å²) in [5.41, 5.74) is 0.728. The minimum atomic E-state index is -1.15. The van der Waals surface area contributed by atoms with Crippen molar-refractivity contribution in [1.82, 2.24) is 0 Å². The number of anilines is 1. The van der Waals surface area contributed by atoms with Crippen LogP contribution in [0.4, 0.5) is 5.69 Å². The fourth-order valence-corrected chi connectivity index (χ4v) is 3.15. The molecular formula is C14H8Br2ClNO3. The number of carboxylic acids is 1. The Morgan fingerprint density at radius 2 is 1.67 bits per heavy atom. The van der Waals surface area contributed by atoms with Crippen LogP contribution in [0, 0.1) is 0 Å². The van der Waals surface area contributed by atoms with Gasteiger partial charge >= 0.3 is 5.97 Å². The van der Waals surface area contributed by atoms with Crippen molar-refractivity contribution in [2.45, 2.75) is 0 Å². The number of rotatable bonds is 3. The van der Waals surface area contributed by atoms with Gasteiger partial charge in [-0.05, 0) is 36.4 Å². The molecule has 4 nitrogen and oxygen atoms in total. The Morgan fingerprint density at radius 1 is 1.05 bits per heavy atom. The molecule has 108 valence electrons. The van der Waals surface area contributed by atoms with Crippen molar-refractivity contribution >= 4 is 61.0 Å². The average Bonchev–Trinajstić information content (AvgIpc) is 2.39. The van der Waals surface area contributed by atoms with Gasteiger partial charge in [0, 0.05) is 20.2 Å². The van der Waals surface area contributed by atoms with E-state index in [0.717, 1.165) is 8.95 Å². The van der Waals surface area contributed by atoms with Crippen LogP contribution in [-0.2, 0) is 0 Å². The van der Waals surface area contributed by atoms with Crippen LogP contribution in [0.25, 0.3) is 0 Å². The van der Waals surface area contributed by atoms with Gasteiger partial charge in [-0.2, -0.15) is 0 Å². The van der Waals surface area contributed by atoms with Crippen molar-refractivity contribution in [3.63, 3.8) is 0 Å². The van der Waals surface area contributed by atoms with Gasteiger partial charge < -0.3 is 10.4 Å². The van der Waals surface area contributed by atoms with Gasteiger partial charge in [0.2, 0.25) is 0 Å². The van der Waals surface area contributed by atoms with Crippen molar-refractivity contribution in [3.8, 4) is 0 Å². The van der Waals surface area contributed by atoms with Crippen LogP contribution in [0.1, 0.15) is 20.7 Å². The fraction of sp³-hybridized carbons (Fsp3) is 0. The second kappa shape index (κ2) is 6.60. The molecule has 2 rings (SSSR count). The molecule has 2 N–H and O–H groups in total. The predicted octanol–water partition coefficient (Wildman–Crippen LogP) is 4.82. The lowest BCUT2D eigenvalue weighted by Gasteiger charge is -2.08. The number of carbonyl (C=O) groups excluding carboxylic acids is 1. The van der Waals surface area contributed by atoms with E-state index in [1.165, 1.54) is 12.1 Å². The number of aromatic carboxylic acids is 1. The summed E-state index contributed by atoms with van der Waals surface area (Å²) in [5, 5.41) is 11.8. The minimum absolute atomic E-state index is 0.0649. The van der Waals surface area contributed by atoms with Crippen LogP contribution in [0.15, 0.2) is 45.3 Å². The molecule has 2 aromatic carbocycles. The molecule has 0 aromatic heterocycles. The van der Waals surface area contributed by atoms with E-state index < -0.39 is 5.97 Å². The highest BCUT2D eigenvalue weighted by atomic mass is 79.9. The third-order valence-electron chi connectivity index (χ3n) is 2.58. The van der Waals surface area contributed by atoms with E-state index in [1.807, 2.05) is 6.07 Å². The molecule has 0 atom stereocenters. The summed E-state index contributed by atoms with van der Waals surface area (Å²) < 4.78 is 1.51. The van der Waals surface area contributed by atoms with Crippen LogP contribution < -0.4 is 5.32 Å². The first-order valence-corrected chi connectivity index (χ1v) is 7.63. The molecule has 0 radical (unpaired) electrons. The molecule has 0 aliphatic rings. The summed E-state index contributed by atoms with van der Waals surface area (Å²) in [6.07, 6.45) is 0. The van der Waals surface area contributed by atoms with E-state index in [0.29, 0.717) is 11.3 Å². The van der Waals surface area contributed by atoms with Gasteiger partial charge in [-0.3, -0.25) is 4.79 Å². The summed E-state index contributed by atoms with van der Waals surface area (Å²) in [6, 6.07) is 9.41. The first-order chi connectivity index (χ1) is 9.86. The molecule has 21 heavy (non-hydrogen) atoms. The Morgan fingerprint density at radius 3 is 2.24 bits per heavy atom. The highest BCUT2D eigenvalue weighted by Crippen LogP contribution is 2.23. The van der Waals surface area contributed by atoms with Gasteiger partial charge in [-0.25, -0.2) is 4.79 Å². The standard InChI is InChI=1S/C14H8Br2ClNO3/c15-8-3-7(4-9(16)5-8)13(19)18-10-1-2-12(17)11(6-10)14(20)21/h1-6H,(H,18,19)(H,20,21). The van der Waals surface area contributed by atoms with Gasteiger partial charge in [0.05, 0.1) is 10.6 Å². The Bertz CT molecular complexity index is 714. The number of nitrogens with one attached hydrogen (secondary N) is 1. The van der Waals surface area contributed by atoms with Gasteiger partial charge in [-0.15, -0.1) is 0 Å². The normalized spacial score (nSPS) is 10.2. The molecule has 0 saturated heterocycles. The molecule has 7 heteroatoms. The van der Waals surface area contributed by atoms with E-state index in [4.69, 9.17) is 16.7 Å². The quantitative estimate of drug-likeness (QED) is 0.730. The predicted molar refractivity (Wildman–Crippen MR) is 88.2 cm³/mol. The lowest BCUT2D eigenvalue weighted by Crippen LogP contribution is -2.12. The summed E-state index contributed by atoms with van der Waals surface area (Å²) >= 11 is 12.4. The van der Waals surface area contributed by atoms with Crippen LogP contribution in [0.2, 0.25) is 5.02 Å². The van der Waals surface area contributed by atoms with E-state index in [-0.39, 0.29) is 16.5 Å². The van der Waals surface area contributed by atoms with Crippen molar-refractivity contribution in [1.29, 1.82) is 0 Å². The monoisotopic (exact) mass is 431 g/mol. The topological polar surface area (TPSA) is 66.4 Å². The third-order valence-corrected chi connectivity index (χ3v) is 3.82. The Balaban J connectivity index is 2.27. The second-order valence-corrected chi connectivity index (χ2v) is 6.35. The zero-order valence-corrected chi connectivity index (χ0v) is 14.3. The molecule has 0 bridgehead atoms. The first-order valence-electron chi connectivity index (χ1n) is 5.67. The molecule has 0 aliphatic carbocycles. The maximum atomic E-state index is 12.2. The maximum absolute atomic E-state index is 12.2. The SMILES string of the molecule is O=C(Nc1ccc(Cl)c(C(=O)O)c1)c1cc(Br)cc(Br)c1. The highest BCUT2D eigenvalue weighted by Gasteiger charge is 2.12. The molecular weight excluding hydrogens is 425 g/mol. The molecule has 1 amide bonds. The fourth-order valence-electron chi connectivity index (χ4n) is 1.66. The van der Waals surface area contributed by atoms with Crippen LogP contribution in [0.5, 0.6) is 0 Å². The van der Waals surface area contributed by atoms with Gasteiger partial charge in [0.25, 0.3) is 5.91 Å². The summed E-state index contributed by atoms with van der Waals surface area (Å²) in [4.78, 5) is 23.2. The van der Waals surface area contributed by atoms with E-state index in [1.54, 1.807) is 18.2 Å². The molecule has 0 saturated carbocycles.